The van der Waals surface area contributed by atoms with Crippen LogP contribution in [-0.2, 0) is 6.54 Å². The summed E-state index contributed by atoms with van der Waals surface area (Å²) in [6.07, 6.45) is 3.35. The van der Waals surface area contributed by atoms with Crippen LogP contribution in [0.15, 0.2) is 65.0 Å². The summed E-state index contributed by atoms with van der Waals surface area (Å²) in [4.78, 5) is 17.0. The Bertz CT molecular complexity index is 864. The average Bonchev–Trinajstić information content (AvgIpc) is 2.68. The molecule has 9 heteroatoms. The van der Waals surface area contributed by atoms with E-state index in [0.717, 1.165) is 5.56 Å². The fraction of sp³-hybridized carbons (Fsp3) is 0.118. The number of nitrogens with one attached hydrogen (secondary N) is 2. The Balaban J connectivity index is 1.66. The van der Waals surface area contributed by atoms with Crippen molar-refractivity contribution in [1.82, 2.24) is 25.3 Å². The third-order valence-corrected chi connectivity index (χ3v) is 4.21. The Hall–Kier alpha value is -2.78. The molecule has 26 heavy (non-hydrogen) atoms. The van der Waals surface area contributed by atoms with Crippen LogP contribution in [0.5, 0.6) is 5.88 Å². The van der Waals surface area contributed by atoms with Gasteiger partial charge in [-0.15, -0.1) is 0 Å². The fourth-order valence-electron chi connectivity index (χ4n) is 1.97. The molecule has 2 aromatic heterocycles. The zero-order valence-electron chi connectivity index (χ0n) is 13.9. The summed E-state index contributed by atoms with van der Waals surface area (Å²) in [5.74, 6) is 0.764. The molecule has 132 valence electrons. The van der Waals surface area contributed by atoms with Crippen LogP contribution in [-0.4, -0.2) is 32.2 Å². The van der Waals surface area contributed by atoms with Gasteiger partial charge < -0.3 is 15.4 Å². The number of hydrogen-bond donors (Lipinski definition) is 2. The first-order chi connectivity index (χ1) is 12.7. The Morgan fingerprint density at radius 2 is 1.88 bits per heavy atom. The highest BCUT2D eigenvalue weighted by Crippen LogP contribution is 2.25. The average molecular weight is 384 g/mol. The molecule has 0 aliphatic carbocycles. The third-order valence-electron chi connectivity index (χ3n) is 3.15. The van der Waals surface area contributed by atoms with Gasteiger partial charge in [0.1, 0.15) is 5.03 Å². The van der Waals surface area contributed by atoms with Gasteiger partial charge in [-0.05, 0) is 35.6 Å². The SMILES string of the molecule is COc1cc(Sc2ncccn2)nc(NC(=S)NCc2ccccc2)n1. The molecule has 7 nitrogen and oxygen atoms in total. The molecule has 0 saturated heterocycles. The van der Waals surface area contributed by atoms with Crippen molar-refractivity contribution in [1.29, 1.82) is 0 Å². The maximum absolute atomic E-state index is 5.31. The van der Waals surface area contributed by atoms with Gasteiger partial charge >= 0.3 is 0 Å². The second kappa shape index (κ2) is 9.07. The molecule has 2 N–H and O–H groups in total. The van der Waals surface area contributed by atoms with Gasteiger partial charge in [0, 0.05) is 25.0 Å². The number of thiocarbonyl (C=S) groups is 1. The van der Waals surface area contributed by atoms with E-state index >= 15 is 0 Å². The predicted molar refractivity (Wildman–Crippen MR) is 104 cm³/mol. The van der Waals surface area contributed by atoms with Gasteiger partial charge in [0.05, 0.1) is 7.11 Å². The minimum Gasteiger partial charge on any atom is -0.481 e. The van der Waals surface area contributed by atoms with Crippen LogP contribution in [0.25, 0.3) is 0 Å². The lowest BCUT2D eigenvalue weighted by Gasteiger charge is -2.11. The van der Waals surface area contributed by atoms with E-state index in [1.165, 1.54) is 11.8 Å². The Kier molecular flexibility index (Phi) is 6.29. The normalized spacial score (nSPS) is 10.2. The predicted octanol–water partition coefficient (Wildman–Crippen LogP) is 2.91. The number of ether oxygens (including phenoxy) is 1. The summed E-state index contributed by atoms with van der Waals surface area (Å²) in [6, 6.07) is 13.4. The highest BCUT2D eigenvalue weighted by molar-refractivity contribution is 7.99. The van der Waals surface area contributed by atoms with Crippen molar-refractivity contribution in [2.24, 2.45) is 0 Å². The van der Waals surface area contributed by atoms with Gasteiger partial charge in [-0.2, -0.15) is 4.98 Å². The number of methoxy groups -OCH3 is 1. The molecule has 1 aromatic carbocycles. The summed E-state index contributed by atoms with van der Waals surface area (Å²) >= 11 is 6.62. The Morgan fingerprint density at radius 1 is 1.12 bits per heavy atom. The molecular formula is C17H16N6OS2. The third kappa shape index (κ3) is 5.36. The van der Waals surface area contributed by atoms with Crippen LogP contribution in [0.4, 0.5) is 5.95 Å². The molecule has 0 amide bonds. The molecule has 3 rings (SSSR count). The van der Waals surface area contributed by atoms with Crippen LogP contribution in [0.2, 0.25) is 0 Å². The smallest absolute Gasteiger partial charge is 0.233 e. The first-order valence-corrected chi connectivity index (χ1v) is 8.92. The monoisotopic (exact) mass is 384 g/mol. The van der Waals surface area contributed by atoms with E-state index in [1.54, 1.807) is 31.6 Å². The lowest BCUT2D eigenvalue weighted by atomic mass is 10.2. The lowest BCUT2D eigenvalue weighted by Crippen LogP contribution is -2.28. The van der Waals surface area contributed by atoms with Gasteiger partial charge in [-0.3, -0.25) is 0 Å². The minimum absolute atomic E-state index is 0.341. The number of anilines is 1. The number of benzene rings is 1. The molecule has 0 aliphatic heterocycles. The molecule has 2 heterocycles. The number of nitrogens with zero attached hydrogens (tertiary/aromatic N) is 4. The van der Waals surface area contributed by atoms with Crippen LogP contribution in [0, 0.1) is 0 Å². The van der Waals surface area contributed by atoms with Crippen molar-refractivity contribution < 1.29 is 4.74 Å². The quantitative estimate of drug-likeness (QED) is 0.378. The van der Waals surface area contributed by atoms with E-state index in [9.17, 15) is 0 Å². The van der Waals surface area contributed by atoms with E-state index in [1.807, 2.05) is 30.3 Å². The van der Waals surface area contributed by atoms with E-state index in [4.69, 9.17) is 17.0 Å². The summed E-state index contributed by atoms with van der Waals surface area (Å²) in [5, 5.41) is 7.76. The Labute approximate surface area is 160 Å². The molecule has 0 atom stereocenters. The Morgan fingerprint density at radius 3 is 2.62 bits per heavy atom. The van der Waals surface area contributed by atoms with Crippen LogP contribution < -0.4 is 15.4 Å². The zero-order chi connectivity index (χ0) is 18.2. The molecular weight excluding hydrogens is 368 g/mol. The van der Waals surface area contributed by atoms with Crippen molar-refractivity contribution in [3.63, 3.8) is 0 Å². The molecule has 0 bridgehead atoms. The van der Waals surface area contributed by atoms with Crippen molar-refractivity contribution in [2.45, 2.75) is 16.7 Å². The topological polar surface area (TPSA) is 84.9 Å². The molecule has 0 spiro atoms. The zero-order valence-corrected chi connectivity index (χ0v) is 15.5. The standard InChI is InChI=1S/C17H16N6OS2/c1-24-13-10-14(26-17-18-8-5-9-19-17)22-15(21-13)23-16(25)20-11-12-6-3-2-4-7-12/h2-10H,11H2,1H3,(H2,20,21,22,23,25). The molecule has 0 fully saturated rings. The van der Waals surface area contributed by atoms with Crippen LogP contribution in [0.3, 0.4) is 0 Å². The van der Waals surface area contributed by atoms with Crippen LogP contribution in [0.1, 0.15) is 5.56 Å². The van der Waals surface area contributed by atoms with Crippen LogP contribution >= 0.6 is 24.0 Å². The van der Waals surface area contributed by atoms with E-state index in [2.05, 4.69) is 30.6 Å². The number of rotatable bonds is 6. The van der Waals surface area contributed by atoms with Gasteiger partial charge in [0.2, 0.25) is 11.8 Å². The molecule has 0 unspecified atom stereocenters. The fourth-order valence-corrected chi connectivity index (χ4v) is 2.84. The number of hydrogen-bond acceptors (Lipinski definition) is 7. The van der Waals surface area contributed by atoms with Crippen molar-refractivity contribution in [3.8, 4) is 5.88 Å². The summed E-state index contributed by atoms with van der Waals surface area (Å²) in [7, 11) is 1.55. The van der Waals surface area contributed by atoms with E-state index in [0.29, 0.717) is 33.7 Å². The largest absolute Gasteiger partial charge is 0.481 e. The van der Waals surface area contributed by atoms with E-state index < -0.39 is 0 Å². The molecule has 0 radical (unpaired) electrons. The maximum Gasteiger partial charge on any atom is 0.233 e. The van der Waals surface area contributed by atoms with E-state index in [-0.39, 0.29) is 0 Å². The molecule has 3 aromatic rings. The second-order valence-electron chi connectivity index (χ2n) is 5.00. The maximum atomic E-state index is 5.31. The molecule has 0 aliphatic rings. The van der Waals surface area contributed by atoms with Crippen molar-refractivity contribution in [3.05, 3.63) is 60.4 Å². The summed E-state index contributed by atoms with van der Waals surface area (Å²) in [6.45, 7) is 0.607. The second-order valence-corrected chi connectivity index (χ2v) is 6.39. The highest BCUT2D eigenvalue weighted by Gasteiger charge is 2.09. The van der Waals surface area contributed by atoms with Gasteiger partial charge in [0.25, 0.3) is 0 Å². The summed E-state index contributed by atoms with van der Waals surface area (Å²) < 4.78 is 5.24. The first kappa shape index (κ1) is 18.0. The van der Waals surface area contributed by atoms with Crippen molar-refractivity contribution >= 4 is 35.0 Å². The van der Waals surface area contributed by atoms with Gasteiger partial charge in [-0.1, -0.05) is 30.3 Å². The lowest BCUT2D eigenvalue weighted by molar-refractivity contribution is 0.396. The first-order valence-electron chi connectivity index (χ1n) is 7.69. The minimum atomic E-state index is 0.341. The van der Waals surface area contributed by atoms with Crippen molar-refractivity contribution in [2.75, 3.05) is 12.4 Å². The van der Waals surface area contributed by atoms with Gasteiger partial charge in [0.15, 0.2) is 10.3 Å². The van der Waals surface area contributed by atoms with Gasteiger partial charge in [-0.25, -0.2) is 15.0 Å². The molecule has 0 saturated carbocycles. The number of aromatic nitrogens is 4. The highest BCUT2D eigenvalue weighted by atomic mass is 32.2. The summed E-state index contributed by atoms with van der Waals surface area (Å²) in [5.41, 5.74) is 1.13.